The third-order valence-corrected chi connectivity index (χ3v) is 1.33. The highest BCUT2D eigenvalue weighted by Gasteiger charge is 2.16. The van der Waals surface area contributed by atoms with Gasteiger partial charge in [-0.3, -0.25) is 10.1 Å². The van der Waals surface area contributed by atoms with Crippen LogP contribution < -0.4 is 4.74 Å². The van der Waals surface area contributed by atoms with E-state index >= 15 is 0 Å². The molecule has 7 heteroatoms. The van der Waals surface area contributed by atoms with Crippen molar-refractivity contribution < 1.29 is 14.8 Å². The monoisotopic (exact) mass is 217 g/mol. The van der Waals surface area contributed by atoms with Gasteiger partial charge in [0.1, 0.15) is 6.20 Å². The average Bonchev–Trinajstić information content (AvgIpc) is 2.70. The van der Waals surface area contributed by atoms with Crippen LogP contribution in [0.1, 0.15) is 20.3 Å². The summed E-state index contributed by atoms with van der Waals surface area (Å²) >= 11 is 0. The SMILES string of the molecule is CC.O=[N+]([O-])c1cn[nH]c1OCCCO. The van der Waals surface area contributed by atoms with Gasteiger partial charge in [-0.05, 0) is 0 Å². The van der Waals surface area contributed by atoms with E-state index in [1.54, 1.807) is 0 Å². The number of aromatic nitrogens is 2. The van der Waals surface area contributed by atoms with Crippen LogP contribution in [-0.4, -0.2) is 33.4 Å². The van der Waals surface area contributed by atoms with Gasteiger partial charge in [0, 0.05) is 13.0 Å². The third-order valence-electron chi connectivity index (χ3n) is 1.33. The quantitative estimate of drug-likeness (QED) is 0.437. The van der Waals surface area contributed by atoms with Gasteiger partial charge in [-0.15, -0.1) is 0 Å². The summed E-state index contributed by atoms with van der Waals surface area (Å²) in [7, 11) is 0. The zero-order valence-corrected chi connectivity index (χ0v) is 8.77. The number of rotatable bonds is 5. The smallest absolute Gasteiger partial charge is 0.350 e. The molecule has 0 aliphatic rings. The Labute approximate surface area is 87.2 Å². The van der Waals surface area contributed by atoms with Gasteiger partial charge in [0.2, 0.25) is 0 Å². The van der Waals surface area contributed by atoms with Gasteiger partial charge in [-0.2, -0.15) is 5.10 Å². The lowest BCUT2D eigenvalue weighted by atomic mass is 10.5. The van der Waals surface area contributed by atoms with Gasteiger partial charge in [0.15, 0.2) is 0 Å². The molecule has 0 spiro atoms. The molecule has 0 saturated heterocycles. The second kappa shape index (κ2) is 7.74. The molecule has 0 unspecified atom stereocenters. The zero-order valence-electron chi connectivity index (χ0n) is 8.77. The first kappa shape index (κ1) is 13.4. The van der Waals surface area contributed by atoms with Gasteiger partial charge in [0.25, 0.3) is 5.88 Å². The third kappa shape index (κ3) is 4.41. The van der Waals surface area contributed by atoms with Crippen LogP contribution >= 0.6 is 0 Å². The Morgan fingerprint density at radius 2 is 2.33 bits per heavy atom. The molecular weight excluding hydrogens is 202 g/mol. The lowest BCUT2D eigenvalue weighted by Gasteiger charge is -1.99. The molecule has 1 aromatic heterocycles. The van der Waals surface area contributed by atoms with E-state index in [4.69, 9.17) is 9.84 Å². The Hall–Kier alpha value is -1.63. The molecule has 2 N–H and O–H groups in total. The van der Waals surface area contributed by atoms with Crippen LogP contribution in [-0.2, 0) is 0 Å². The van der Waals surface area contributed by atoms with E-state index in [1.165, 1.54) is 0 Å². The molecule has 0 fully saturated rings. The maximum atomic E-state index is 10.3. The van der Waals surface area contributed by atoms with Crippen molar-refractivity contribution in [2.75, 3.05) is 13.2 Å². The summed E-state index contributed by atoms with van der Waals surface area (Å²) in [6, 6.07) is 0. The number of hydrogen-bond donors (Lipinski definition) is 2. The van der Waals surface area contributed by atoms with E-state index in [0.29, 0.717) is 6.42 Å². The summed E-state index contributed by atoms with van der Waals surface area (Å²) in [5, 5.41) is 24.6. The van der Waals surface area contributed by atoms with Crippen LogP contribution in [0.2, 0.25) is 0 Å². The van der Waals surface area contributed by atoms with E-state index in [-0.39, 0.29) is 24.8 Å². The number of nitrogens with zero attached hydrogens (tertiary/aromatic N) is 2. The molecule has 0 saturated carbocycles. The molecule has 0 bridgehead atoms. The Kier molecular flexibility index (Phi) is 6.90. The summed E-state index contributed by atoms with van der Waals surface area (Å²) in [6.45, 7) is 4.21. The Bertz CT molecular complexity index is 287. The molecule has 0 aromatic carbocycles. The number of nitro groups is 1. The molecule has 0 aliphatic heterocycles. The van der Waals surface area contributed by atoms with E-state index in [0.717, 1.165) is 6.20 Å². The van der Waals surface area contributed by atoms with Crippen molar-refractivity contribution in [2.24, 2.45) is 0 Å². The zero-order chi connectivity index (χ0) is 11.7. The second-order valence-corrected chi connectivity index (χ2v) is 2.27. The minimum Gasteiger partial charge on any atom is -0.473 e. The fraction of sp³-hybridized carbons (Fsp3) is 0.625. The predicted octanol–water partition coefficient (Wildman–Crippen LogP) is 1.11. The molecule has 1 rings (SSSR count). The number of aromatic amines is 1. The molecule has 0 aliphatic carbocycles. The van der Waals surface area contributed by atoms with E-state index in [9.17, 15) is 10.1 Å². The lowest BCUT2D eigenvalue weighted by Crippen LogP contribution is -2.01. The molecule has 15 heavy (non-hydrogen) atoms. The molecule has 1 heterocycles. The fourth-order valence-electron chi connectivity index (χ4n) is 0.743. The number of H-pyrrole nitrogens is 1. The number of aliphatic hydroxyl groups is 1. The predicted molar refractivity (Wildman–Crippen MR) is 53.8 cm³/mol. The highest BCUT2D eigenvalue weighted by molar-refractivity contribution is 5.37. The van der Waals surface area contributed by atoms with Crippen molar-refractivity contribution in [2.45, 2.75) is 20.3 Å². The summed E-state index contributed by atoms with van der Waals surface area (Å²) in [4.78, 5) is 9.75. The van der Waals surface area contributed by atoms with Gasteiger partial charge in [-0.1, -0.05) is 13.8 Å². The fourth-order valence-corrected chi connectivity index (χ4v) is 0.743. The summed E-state index contributed by atoms with van der Waals surface area (Å²) < 4.78 is 4.96. The number of ether oxygens (including phenoxy) is 1. The molecule has 0 atom stereocenters. The number of nitrogens with one attached hydrogen (secondary N) is 1. The van der Waals surface area contributed by atoms with Gasteiger partial charge < -0.3 is 9.84 Å². The van der Waals surface area contributed by atoms with Crippen LogP contribution in [0.25, 0.3) is 0 Å². The van der Waals surface area contributed by atoms with Crippen molar-refractivity contribution in [3.05, 3.63) is 16.3 Å². The van der Waals surface area contributed by atoms with Crippen molar-refractivity contribution in [3.8, 4) is 5.88 Å². The maximum Gasteiger partial charge on any atom is 0.350 e. The topological polar surface area (TPSA) is 101 Å². The molecule has 0 amide bonds. The first-order valence-electron chi connectivity index (χ1n) is 4.67. The van der Waals surface area contributed by atoms with Gasteiger partial charge >= 0.3 is 5.69 Å². The maximum absolute atomic E-state index is 10.3. The molecule has 1 aromatic rings. The number of aliphatic hydroxyl groups excluding tert-OH is 1. The van der Waals surface area contributed by atoms with Crippen LogP contribution in [0.5, 0.6) is 5.88 Å². The minimum atomic E-state index is -0.586. The van der Waals surface area contributed by atoms with E-state index < -0.39 is 4.92 Å². The van der Waals surface area contributed by atoms with Crippen molar-refractivity contribution >= 4 is 5.69 Å². The first-order valence-corrected chi connectivity index (χ1v) is 4.67. The first-order chi connectivity index (χ1) is 7.25. The highest BCUT2D eigenvalue weighted by atomic mass is 16.6. The van der Waals surface area contributed by atoms with Crippen LogP contribution in [0.3, 0.4) is 0 Å². The lowest BCUT2D eigenvalue weighted by molar-refractivity contribution is -0.385. The second-order valence-electron chi connectivity index (χ2n) is 2.27. The average molecular weight is 217 g/mol. The van der Waals surface area contributed by atoms with Crippen LogP contribution in [0.15, 0.2) is 6.20 Å². The Balaban J connectivity index is 0.000000921. The summed E-state index contributed by atoms with van der Waals surface area (Å²) in [6.07, 6.45) is 1.50. The van der Waals surface area contributed by atoms with Gasteiger partial charge in [-0.25, -0.2) is 5.10 Å². The summed E-state index contributed by atoms with van der Waals surface area (Å²) in [5.41, 5.74) is -0.196. The standard InChI is InChI=1S/C6H9N3O4.C2H6/c10-2-1-3-13-6-5(9(11)12)4-7-8-6;1-2/h4,10H,1-3H2,(H,7,8);1-2H3. The van der Waals surface area contributed by atoms with Gasteiger partial charge in [0.05, 0.1) is 11.5 Å². The van der Waals surface area contributed by atoms with Crippen LogP contribution in [0.4, 0.5) is 5.69 Å². The summed E-state index contributed by atoms with van der Waals surface area (Å²) in [5.74, 6) is 0.0263. The molecular formula is C8H15N3O4. The van der Waals surface area contributed by atoms with Crippen molar-refractivity contribution in [3.63, 3.8) is 0 Å². The minimum absolute atomic E-state index is 0.0120. The highest BCUT2D eigenvalue weighted by Crippen LogP contribution is 2.22. The Morgan fingerprint density at radius 3 is 2.87 bits per heavy atom. The van der Waals surface area contributed by atoms with E-state index in [2.05, 4.69) is 10.2 Å². The van der Waals surface area contributed by atoms with Crippen molar-refractivity contribution in [1.29, 1.82) is 0 Å². The van der Waals surface area contributed by atoms with Crippen LogP contribution in [0, 0.1) is 10.1 Å². The largest absolute Gasteiger partial charge is 0.473 e. The molecule has 0 radical (unpaired) electrons. The normalized spacial score (nSPS) is 9.00. The molecule has 7 nitrogen and oxygen atoms in total. The number of hydrogen-bond acceptors (Lipinski definition) is 5. The Morgan fingerprint density at radius 1 is 1.67 bits per heavy atom. The molecule has 86 valence electrons. The van der Waals surface area contributed by atoms with E-state index in [1.807, 2.05) is 13.8 Å². The van der Waals surface area contributed by atoms with Crippen molar-refractivity contribution in [1.82, 2.24) is 10.2 Å².